The van der Waals surface area contributed by atoms with Gasteiger partial charge in [-0.3, -0.25) is 0 Å². The summed E-state index contributed by atoms with van der Waals surface area (Å²) < 4.78 is 5.73. The summed E-state index contributed by atoms with van der Waals surface area (Å²) in [5.41, 5.74) is 5.26. The number of ether oxygens (including phenoxy) is 1. The van der Waals surface area contributed by atoms with Gasteiger partial charge in [0, 0.05) is 30.4 Å². The highest BCUT2D eigenvalue weighted by atomic mass is 16.5. The Kier molecular flexibility index (Phi) is 8.41. The fourth-order valence-electron chi connectivity index (χ4n) is 4.00. The van der Waals surface area contributed by atoms with Crippen LogP contribution in [0.3, 0.4) is 0 Å². The molecule has 0 saturated carbocycles. The molecular formula is C26H39NO. The summed E-state index contributed by atoms with van der Waals surface area (Å²) >= 11 is 0. The molecule has 1 aromatic rings. The Morgan fingerprint density at radius 1 is 1.07 bits per heavy atom. The number of hydrogen-bond acceptors (Lipinski definition) is 2. The van der Waals surface area contributed by atoms with E-state index in [0.29, 0.717) is 5.41 Å². The van der Waals surface area contributed by atoms with Gasteiger partial charge in [0.2, 0.25) is 0 Å². The molecule has 0 fully saturated rings. The zero-order valence-electron chi connectivity index (χ0n) is 18.7. The zero-order valence-corrected chi connectivity index (χ0v) is 18.7. The van der Waals surface area contributed by atoms with Crippen LogP contribution in [0.5, 0.6) is 5.75 Å². The maximum absolute atomic E-state index is 5.73. The van der Waals surface area contributed by atoms with Crippen molar-refractivity contribution in [1.82, 2.24) is 0 Å². The molecule has 1 aromatic carbocycles. The van der Waals surface area contributed by atoms with E-state index in [1.807, 2.05) is 0 Å². The van der Waals surface area contributed by atoms with E-state index in [2.05, 4.69) is 75.6 Å². The van der Waals surface area contributed by atoms with Crippen LogP contribution in [-0.2, 0) is 0 Å². The van der Waals surface area contributed by atoms with Gasteiger partial charge in [-0.1, -0.05) is 70.9 Å². The quantitative estimate of drug-likeness (QED) is 0.418. The van der Waals surface area contributed by atoms with Gasteiger partial charge in [0.25, 0.3) is 0 Å². The Morgan fingerprint density at radius 2 is 1.75 bits per heavy atom. The summed E-state index contributed by atoms with van der Waals surface area (Å²) in [7, 11) is 1.77. The second kappa shape index (κ2) is 10.5. The summed E-state index contributed by atoms with van der Waals surface area (Å²) in [5.74, 6) is 0.946. The number of allylic oxidation sites excluding steroid dienone is 4. The lowest BCUT2D eigenvalue weighted by atomic mass is 9.75. The van der Waals surface area contributed by atoms with Crippen molar-refractivity contribution in [3.05, 3.63) is 53.6 Å². The van der Waals surface area contributed by atoms with Crippen molar-refractivity contribution in [2.45, 2.75) is 66.2 Å². The second-order valence-corrected chi connectivity index (χ2v) is 8.85. The Hall–Kier alpha value is -1.96. The lowest BCUT2D eigenvalue weighted by Gasteiger charge is -2.30. The minimum absolute atomic E-state index is 0.290. The van der Waals surface area contributed by atoms with Gasteiger partial charge in [-0.05, 0) is 48.8 Å². The van der Waals surface area contributed by atoms with Gasteiger partial charge in [-0.25, -0.2) is 0 Å². The van der Waals surface area contributed by atoms with Crippen molar-refractivity contribution in [3.8, 4) is 5.75 Å². The maximum atomic E-state index is 5.73. The highest BCUT2D eigenvalue weighted by molar-refractivity contribution is 5.65. The molecule has 0 spiro atoms. The number of methoxy groups -OCH3 is 1. The highest BCUT2D eigenvalue weighted by Gasteiger charge is 2.23. The molecule has 2 nitrogen and oxygen atoms in total. The van der Waals surface area contributed by atoms with Crippen LogP contribution < -0.4 is 9.64 Å². The van der Waals surface area contributed by atoms with Gasteiger partial charge in [-0.2, -0.15) is 0 Å². The van der Waals surface area contributed by atoms with Crippen molar-refractivity contribution in [2.24, 2.45) is 5.41 Å². The molecule has 0 aromatic heterocycles. The van der Waals surface area contributed by atoms with Crippen molar-refractivity contribution < 1.29 is 4.74 Å². The fourth-order valence-corrected chi connectivity index (χ4v) is 4.00. The first-order chi connectivity index (χ1) is 13.4. The Bertz CT molecular complexity index is 703. The van der Waals surface area contributed by atoms with E-state index in [1.165, 1.54) is 42.5 Å². The van der Waals surface area contributed by atoms with Gasteiger partial charge >= 0.3 is 0 Å². The molecule has 0 radical (unpaired) electrons. The Morgan fingerprint density at radius 3 is 2.32 bits per heavy atom. The Balaban J connectivity index is 2.21. The van der Waals surface area contributed by atoms with Crippen molar-refractivity contribution in [3.63, 3.8) is 0 Å². The Labute approximate surface area is 173 Å². The molecule has 0 saturated heterocycles. The van der Waals surface area contributed by atoms with Gasteiger partial charge in [0.05, 0.1) is 7.11 Å². The second-order valence-electron chi connectivity index (χ2n) is 8.85. The normalized spacial score (nSPS) is 16.3. The third-order valence-electron chi connectivity index (χ3n) is 5.40. The summed E-state index contributed by atoms with van der Waals surface area (Å²) in [4.78, 5) is 2.50. The average Bonchev–Trinajstić information content (AvgIpc) is 2.65. The molecule has 154 valence electrons. The van der Waals surface area contributed by atoms with Crippen molar-refractivity contribution in [1.29, 1.82) is 0 Å². The van der Waals surface area contributed by atoms with E-state index in [4.69, 9.17) is 4.74 Å². The minimum atomic E-state index is 0.290. The van der Waals surface area contributed by atoms with E-state index in [0.717, 1.165) is 37.2 Å². The van der Waals surface area contributed by atoms with Gasteiger partial charge in [0.1, 0.15) is 5.75 Å². The van der Waals surface area contributed by atoms with E-state index in [9.17, 15) is 0 Å². The number of anilines is 1. The van der Waals surface area contributed by atoms with Gasteiger partial charge in [-0.15, -0.1) is 0 Å². The van der Waals surface area contributed by atoms with Crippen LogP contribution >= 0.6 is 0 Å². The van der Waals surface area contributed by atoms with Crippen LogP contribution in [0.4, 0.5) is 5.69 Å². The molecular weight excluding hydrogens is 342 g/mol. The molecule has 0 N–H and O–H groups in total. The molecule has 0 heterocycles. The van der Waals surface area contributed by atoms with Crippen LogP contribution in [0.2, 0.25) is 0 Å². The SMILES string of the molecule is C=C1C=C(/C=C/c2ccc(N(CCCC)CCCC)cc2OC)CC(C)(C)C1. The van der Waals surface area contributed by atoms with Crippen molar-refractivity contribution in [2.75, 3.05) is 25.1 Å². The molecule has 2 heteroatoms. The van der Waals surface area contributed by atoms with Gasteiger partial charge < -0.3 is 9.64 Å². The van der Waals surface area contributed by atoms with E-state index >= 15 is 0 Å². The van der Waals surface area contributed by atoms with Crippen LogP contribution in [-0.4, -0.2) is 20.2 Å². The molecule has 0 unspecified atom stereocenters. The molecule has 0 aliphatic heterocycles. The van der Waals surface area contributed by atoms with Crippen LogP contribution in [0.25, 0.3) is 6.08 Å². The molecule has 0 bridgehead atoms. The predicted octanol–water partition coefficient (Wildman–Crippen LogP) is 7.42. The molecule has 0 atom stereocenters. The fraction of sp³-hybridized carbons (Fsp3) is 0.538. The molecule has 28 heavy (non-hydrogen) atoms. The van der Waals surface area contributed by atoms with Crippen molar-refractivity contribution >= 4 is 11.8 Å². The number of rotatable bonds is 10. The highest BCUT2D eigenvalue weighted by Crippen LogP contribution is 2.38. The van der Waals surface area contributed by atoms with E-state index in [-0.39, 0.29) is 0 Å². The predicted molar refractivity (Wildman–Crippen MR) is 124 cm³/mol. The number of benzene rings is 1. The average molecular weight is 382 g/mol. The van der Waals surface area contributed by atoms with Gasteiger partial charge in [0.15, 0.2) is 0 Å². The molecule has 0 amide bonds. The first-order valence-electron chi connectivity index (χ1n) is 10.9. The number of unbranched alkanes of at least 4 members (excludes halogenated alkanes) is 2. The maximum Gasteiger partial charge on any atom is 0.128 e. The largest absolute Gasteiger partial charge is 0.496 e. The standard InChI is InChI=1S/C26H39NO/c1-7-9-15-27(16-10-8-2)24-14-13-23(25(18-24)28-6)12-11-22-17-21(3)19-26(4,5)20-22/h11-14,17-18H,3,7-10,15-16,19-20H2,1-2,4-6H3/b12-11+. The molecule has 1 aliphatic rings. The summed E-state index contributed by atoms with van der Waals surface area (Å²) in [6, 6.07) is 6.63. The van der Waals surface area contributed by atoms with Crippen LogP contribution in [0.1, 0.15) is 71.8 Å². The minimum Gasteiger partial charge on any atom is -0.496 e. The lowest BCUT2D eigenvalue weighted by Crippen LogP contribution is -2.25. The lowest BCUT2D eigenvalue weighted by molar-refractivity contribution is 0.355. The van der Waals surface area contributed by atoms with Crippen LogP contribution in [0, 0.1) is 5.41 Å². The van der Waals surface area contributed by atoms with E-state index < -0.39 is 0 Å². The third-order valence-corrected chi connectivity index (χ3v) is 5.40. The first kappa shape index (κ1) is 22.3. The summed E-state index contributed by atoms with van der Waals surface area (Å²) in [6.45, 7) is 15.5. The smallest absolute Gasteiger partial charge is 0.128 e. The monoisotopic (exact) mass is 381 g/mol. The first-order valence-corrected chi connectivity index (χ1v) is 10.9. The summed E-state index contributed by atoms with van der Waals surface area (Å²) in [5, 5.41) is 0. The number of hydrogen-bond donors (Lipinski definition) is 0. The van der Waals surface area contributed by atoms with E-state index in [1.54, 1.807) is 7.11 Å². The zero-order chi connectivity index (χ0) is 20.6. The molecule has 1 aliphatic carbocycles. The topological polar surface area (TPSA) is 12.5 Å². The number of nitrogens with zero attached hydrogens (tertiary/aromatic N) is 1. The van der Waals surface area contributed by atoms with Crippen LogP contribution in [0.15, 0.2) is 48.1 Å². The summed E-state index contributed by atoms with van der Waals surface area (Å²) in [6.07, 6.45) is 13.7. The third kappa shape index (κ3) is 6.58. The molecule has 2 rings (SSSR count).